The monoisotopic (exact) mass is 722 g/mol. The number of nitrogens with zero attached hydrogens (tertiary/aromatic N) is 2. The van der Waals surface area contributed by atoms with E-state index in [1.165, 1.54) is 12.1 Å². The van der Waals surface area contributed by atoms with Gasteiger partial charge in [0.15, 0.2) is 5.78 Å². The van der Waals surface area contributed by atoms with Gasteiger partial charge in [0, 0.05) is 69.0 Å². The Morgan fingerprint density at radius 1 is 0.673 bits per heavy atom. The van der Waals surface area contributed by atoms with E-state index in [1.807, 2.05) is 30.3 Å². The van der Waals surface area contributed by atoms with Crippen molar-refractivity contribution in [2.75, 3.05) is 53.0 Å². The largest absolute Gasteiger partial charge is 0.497 e. The van der Waals surface area contributed by atoms with Crippen LogP contribution >= 0.6 is 0 Å². The molecule has 0 spiro atoms. The number of ether oxygens (including phenoxy) is 2. The Morgan fingerprint density at radius 3 is 1.60 bits per heavy atom. The molecule has 1 aliphatic heterocycles. The van der Waals surface area contributed by atoms with Gasteiger partial charge in [-0.3, -0.25) is 9.69 Å². The van der Waals surface area contributed by atoms with Gasteiger partial charge in [-0.1, -0.05) is 42.5 Å². The minimum atomic E-state index is -1.26. The predicted octanol–water partition coefficient (Wildman–Crippen LogP) is 4.64. The Balaban J connectivity index is 0.000000487. The van der Waals surface area contributed by atoms with Gasteiger partial charge >= 0.3 is 23.9 Å². The van der Waals surface area contributed by atoms with E-state index >= 15 is 0 Å². The van der Waals surface area contributed by atoms with E-state index in [2.05, 4.69) is 34.1 Å². The summed E-state index contributed by atoms with van der Waals surface area (Å²) in [5, 5.41) is 31.2. The lowest BCUT2D eigenvalue weighted by Crippen LogP contribution is -2.47. The number of hydrogen-bond acceptors (Lipinski definition) is 9. The summed E-state index contributed by atoms with van der Waals surface area (Å²) in [4.78, 5) is 55.4. The van der Waals surface area contributed by atoms with Crippen LogP contribution in [0.1, 0.15) is 40.4 Å². The highest BCUT2D eigenvalue weighted by atomic mass is 19.1. The first-order valence-electron chi connectivity index (χ1n) is 16.2. The van der Waals surface area contributed by atoms with E-state index in [1.54, 1.807) is 19.2 Å². The van der Waals surface area contributed by atoms with Crippen molar-refractivity contribution < 1.29 is 58.3 Å². The molecule has 14 heteroatoms. The average Bonchev–Trinajstić information content (AvgIpc) is 3.13. The minimum Gasteiger partial charge on any atom is -0.497 e. The number of halogens is 1. The SMILES string of the molecule is COc1ccc(C(OCCN2CCN(CCCC(=O)c3ccc(F)cc3)CC2)c2ccccc2)cc1.O=C(O)C=CC(=O)O.O=C(O)C=CC(=O)O. The zero-order valence-electron chi connectivity index (χ0n) is 28.7. The van der Waals surface area contributed by atoms with Crippen LogP contribution in [0.3, 0.4) is 0 Å². The average molecular weight is 723 g/mol. The highest BCUT2D eigenvalue weighted by molar-refractivity contribution is 5.96. The molecule has 1 saturated heterocycles. The van der Waals surface area contributed by atoms with E-state index in [0.29, 0.717) is 42.9 Å². The summed E-state index contributed by atoms with van der Waals surface area (Å²) in [6, 6.07) is 24.2. The molecular weight excluding hydrogens is 679 g/mol. The molecule has 0 aliphatic carbocycles. The molecule has 1 aliphatic rings. The first-order valence-corrected chi connectivity index (χ1v) is 16.2. The summed E-state index contributed by atoms with van der Waals surface area (Å²) in [5.41, 5.74) is 2.84. The van der Waals surface area contributed by atoms with Crippen molar-refractivity contribution in [1.82, 2.24) is 9.80 Å². The zero-order chi connectivity index (χ0) is 38.3. The smallest absolute Gasteiger partial charge is 0.328 e. The lowest BCUT2D eigenvalue weighted by molar-refractivity contribution is -0.134. The van der Waals surface area contributed by atoms with E-state index in [4.69, 9.17) is 29.9 Å². The molecule has 1 fully saturated rings. The predicted molar refractivity (Wildman–Crippen MR) is 189 cm³/mol. The van der Waals surface area contributed by atoms with Gasteiger partial charge in [0.2, 0.25) is 0 Å². The quantitative estimate of drug-likeness (QED) is 0.118. The fraction of sp³-hybridized carbons (Fsp3) is 0.289. The normalized spacial score (nSPS) is 13.7. The summed E-state index contributed by atoms with van der Waals surface area (Å²) in [6.45, 7) is 6.41. The van der Waals surface area contributed by atoms with E-state index in [0.717, 1.165) is 62.6 Å². The molecule has 1 atom stereocenters. The van der Waals surface area contributed by atoms with Crippen molar-refractivity contribution in [2.24, 2.45) is 0 Å². The standard InChI is InChI=1S/C30H35FN2O3.2C4H4O4/c1-35-28-15-11-26(12-16-28)30(25-6-3-2-4-7-25)36-23-22-33-20-18-32(19-21-33)17-5-8-29(34)24-9-13-27(31)14-10-24;2*5-3(6)1-2-4(7)8/h2-4,6-7,9-16,30H,5,8,17-23H2,1H3;2*1-2H,(H,5,6)(H,7,8). The van der Waals surface area contributed by atoms with Crippen LogP contribution in [0.4, 0.5) is 4.39 Å². The number of ketones is 1. The number of methoxy groups -OCH3 is 1. The van der Waals surface area contributed by atoms with Crippen LogP contribution in [-0.2, 0) is 23.9 Å². The van der Waals surface area contributed by atoms with Gasteiger partial charge in [-0.05, 0) is 60.5 Å². The zero-order valence-corrected chi connectivity index (χ0v) is 28.7. The maximum absolute atomic E-state index is 13.0. The fourth-order valence-corrected chi connectivity index (χ4v) is 4.86. The number of carbonyl (C=O) groups is 5. The van der Waals surface area contributed by atoms with Gasteiger partial charge in [-0.2, -0.15) is 0 Å². The molecule has 13 nitrogen and oxygen atoms in total. The van der Waals surface area contributed by atoms with Crippen LogP contribution < -0.4 is 4.74 Å². The van der Waals surface area contributed by atoms with Crippen molar-refractivity contribution in [3.63, 3.8) is 0 Å². The number of carboxylic acids is 4. The maximum atomic E-state index is 13.0. The third-order valence-corrected chi connectivity index (χ3v) is 7.46. The molecule has 0 saturated carbocycles. The summed E-state index contributed by atoms with van der Waals surface area (Å²) >= 11 is 0. The molecular formula is C38H43FN2O11. The van der Waals surface area contributed by atoms with Crippen LogP contribution in [0.2, 0.25) is 0 Å². The number of Topliss-reactive ketones (excluding diaryl/α,β-unsaturated/α-hetero) is 1. The second kappa shape index (κ2) is 23.7. The third kappa shape index (κ3) is 17.8. The Labute approximate surface area is 300 Å². The van der Waals surface area contributed by atoms with Gasteiger partial charge < -0.3 is 34.8 Å². The number of piperazine rings is 1. The summed E-state index contributed by atoms with van der Waals surface area (Å²) in [5.74, 6) is -4.43. The van der Waals surface area contributed by atoms with Gasteiger partial charge in [0.05, 0.1) is 13.7 Å². The van der Waals surface area contributed by atoms with Gasteiger partial charge in [-0.25, -0.2) is 23.6 Å². The lowest BCUT2D eigenvalue weighted by atomic mass is 10.0. The number of aliphatic carboxylic acids is 4. The Kier molecular flexibility index (Phi) is 19.3. The van der Waals surface area contributed by atoms with Crippen molar-refractivity contribution >= 4 is 29.7 Å². The van der Waals surface area contributed by atoms with Crippen molar-refractivity contribution in [1.29, 1.82) is 0 Å². The van der Waals surface area contributed by atoms with E-state index < -0.39 is 23.9 Å². The fourth-order valence-electron chi connectivity index (χ4n) is 4.86. The van der Waals surface area contributed by atoms with Crippen molar-refractivity contribution in [2.45, 2.75) is 18.9 Å². The molecule has 1 unspecified atom stereocenters. The Morgan fingerprint density at radius 2 is 1.13 bits per heavy atom. The van der Waals surface area contributed by atoms with Crippen molar-refractivity contribution in [3.8, 4) is 5.75 Å². The Bertz CT molecular complexity index is 1550. The highest BCUT2D eigenvalue weighted by Crippen LogP contribution is 2.27. The molecule has 0 aromatic heterocycles. The minimum absolute atomic E-state index is 0.0793. The topological polar surface area (TPSA) is 191 Å². The molecule has 3 aromatic carbocycles. The molecule has 0 bridgehead atoms. The van der Waals surface area contributed by atoms with Gasteiger partial charge in [-0.15, -0.1) is 0 Å². The number of benzene rings is 3. The number of rotatable bonds is 16. The van der Waals surface area contributed by atoms with Gasteiger partial charge in [0.25, 0.3) is 0 Å². The molecule has 1 heterocycles. The number of carboxylic acid groups (broad SMARTS) is 4. The third-order valence-electron chi connectivity index (χ3n) is 7.46. The van der Waals surface area contributed by atoms with Crippen LogP contribution in [0, 0.1) is 5.82 Å². The molecule has 3 aromatic rings. The van der Waals surface area contributed by atoms with E-state index in [9.17, 15) is 28.4 Å². The molecule has 0 amide bonds. The van der Waals surface area contributed by atoms with E-state index in [-0.39, 0.29) is 17.7 Å². The second-order valence-corrected chi connectivity index (χ2v) is 11.2. The first kappa shape index (κ1) is 42.5. The Hall–Kier alpha value is -5.70. The second-order valence-electron chi connectivity index (χ2n) is 11.2. The van der Waals surface area contributed by atoms with Crippen LogP contribution in [0.15, 0.2) is 103 Å². The number of hydrogen-bond donors (Lipinski definition) is 4. The summed E-state index contributed by atoms with van der Waals surface area (Å²) in [7, 11) is 1.67. The highest BCUT2D eigenvalue weighted by Gasteiger charge is 2.19. The molecule has 278 valence electrons. The first-order chi connectivity index (χ1) is 24.9. The van der Waals surface area contributed by atoms with Crippen LogP contribution in [0.25, 0.3) is 0 Å². The summed E-state index contributed by atoms with van der Waals surface area (Å²) < 4.78 is 24.7. The van der Waals surface area contributed by atoms with Crippen LogP contribution in [0.5, 0.6) is 5.75 Å². The summed E-state index contributed by atoms with van der Waals surface area (Å²) in [6.07, 6.45) is 3.43. The lowest BCUT2D eigenvalue weighted by Gasteiger charge is -2.34. The maximum Gasteiger partial charge on any atom is 0.328 e. The van der Waals surface area contributed by atoms with Gasteiger partial charge in [0.1, 0.15) is 17.7 Å². The molecule has 0 radical (unpaired) electrons. The molecule has 4 rings (SSSR count). The number of carbonyl (C=O) groups excluding carboxylic acids is 1. The molecule has 4 N–H and O–H groups in total. The van der Waals surface area contributed by atoms with Crippen LogP contribution in [-0.4, -0.2) is 113 Å². The molecule has 52 heavy (non-hydrogen) atoms. The van der Waals surface area contributed by atoms with Crippen molar-refractivity contribution in [3.05, 3.63) is 126 Å².